The van der Waals surface area contributed by atoms with E-state index in [-0.39, 0.29) is 24.5 Å². The van der Waals surface area contributed by atoms with Gasteiger partial charge >= 0.3 is 5.97 Å². The summed E-state index contributed by atoms with van der Waals surface area (Å²) < 4.78 is 13.0. The second kappa shape index (κ2) is 8.87. The molecule has 1 aliphatic rings. The topological polar surface area (TPSA) is 73.7 Å². The first-order valence-corrected chi connectivity index (χ1v) is 9.75. The van der Waals surface area contributed by atoms with Gasteiger partial charge in [0.1, 0.15) is 0 Å². The van der Waals surface area contributed by atoms with Crippen molar-refractivity contribution >= 4 is 11.9 Å². The molecule has 2 heterocycles. The van der Waals surface area contributed by atoms with Gasteiger partial charge in [0.05, 0.1) is 24.3 Å². The Kier molecular flexibility index (Phi) is 7.03. The van der Waals surface area contributed by atoms with Gasteiger partial charge in [-0.05, 0) is 40.5 Å². The van der Waals surface area contributed by atoms with Gasteiger partial charge in [-0.3, -0.25) is 14.3 Å². The van der Waals surface area contributed by atoms with E-state index in [9.17, 15) is 9.59 Å². The number of carbonyl (C=O) groups is 2. The van der Waals surface area contributed by atoms with Gasteiger partial charge in [-0.25, -0.2) is 0 Å². The third kappa shape index (κ3) is 5.54. The summed E-state index contributed by atoms with van der Waals surface area (Å²) in [6, 6.07) is 0. The molecule has 0 spiro atoms. The van der Waals surface area contributed by atoms with E-state index in [0.29, 0.717) is 19.0 Å². The van der Waals surface area contributed by atoms with Crippen LogP contribution in [0, 0.1) is 19.8 Å². The maximum Gasteiger partial charge on any atom is 0.311 e. The Morgan fingerprint density at radius 1 is 1.19 bits per heavy atom. The fourth-order valence-electron chi connectivity index (χ4n) is 3.56. The minimum atomic E-state index is -0.804. The van der Waals surface area contributed by atoms with E-state index < -0.39 is 12.1 Å². The van der Waals surface area contributed by atoms with Crippen molar-refractivity contribution in [2.24, 2.45) is 5.92 Å². The van der Waals surface area contributed by atoms with Crippen LogP contribution in [0.2, 0.25) is 0 Å². The van der Waals surface area contributed by atoms with Crippen LogP contribution in [0.1, 0.15) is 51.6 Å². The van der Waals surface area contributed by atoms with Crippen molar-refractivity contribution in [3.63, 3.8) is 0 Å². The van der Waals surface area contributed by atoms with Crippen molar-refractivity contribution in [3.8, 4) is 0 Å². The standard InChI is InChI=1S/C20H33N3O4/c1-12(2)9-23-16(6)18(15(5)21-23)8-19(24)27-17(7)20(25)22-10-13(3)26-14(4)11-22/h12-14,17H,8-11H2,1-7H3. The highest BCUT2D eigenvalue weighted by Crippen LogP contribution is 2.17. The molecule has 1 aromatic heterocycles. The molecule has 0 saturated carbocycles. The number of hydrogen-bond donors (Lipinski definition) is 0. The zero-order valence-corrected chi connectivity index (χ0v) is 17.6. The Morgan fingerprint density at radius 2 is 1.78 bits per heavy atom. The highest BCUT2D eigenvalue weighted by molar-refractivity contribution is 5.84. The first kappa shape index (κ1) is 21.4. The van der Waals surface area contributed by atoms with Gasteiger partial charge in [-0.15, -0.1) is 0 Å². The highest BCUT2D eigenvalue weighted by atomic mass is 16.5. The molecule has 1 aromatic rings. The number of morpholine rings is 1. The van der Waals surface area contributed by atoms with Crippen molar-refractivity contribution in [1.29, 1.82) is 0 Å². The van der Waals surface area contributed by atoms with E-state index in [0.717, 1.165) is 23.5 Å². The smallest absolute Gasteiger partial charge is 0.311 e. The summed E-state index contributed by atoms with van der Waals surface area (Å²) in [6.45, 7) is 15.5. The molecule has 0 radical (unpaired) electrons. The van der Waals surface area contributed by atoms with Crippen molar-refractivity contribution in [2.45, 2.75) is 79.7 Å². The van der Waals surface area contributed by atoms with Crippen LogP contribution in [0.4, 0.5) is 0 Å². The Bertz CT molecular complexity index is 673. The van der Waals surface area contributed by atoms with Gasteiger partial charge in [-0.1, -0.05) is 13.8 Å². The lowest BCUT2D eigenvalue weighted by molar-refractivity contribution is -0.164. The van der Waals surface area contributed by atoms with Gasteiger partial charge in [0.15, 0.2) is 6.10 Å². The molecule has 0 aliphatic carbocycles. The van der Waals surface area contributed by atoms with Crippen molar-refractivity contribution in [1.82, 2.24) is 14.7 Å². The first-order chi connectivity index (χ1) is 12.6. The lowest BCUT2D eigenvalue weighted by Gasteiger charge is -2.36. The predicted molar refractivity (Wildman–Crippen MR) is 102 cm³/mol. The third-order valence-electron chi connectivity index (χ3n) is 4.78. The maximum absolute atomic E-state index is 12.6. The molecule has 3 atom stereocenters. The summed E-state index contributed by atoms with van der Waals surface area (Å²) >= 11 is 0. The second-order valence-corrected chi connectivity index (χ2v) is 8.03. The fraction of sp³-hybridized carbons (Fsp3) is 0.750. The van der Waals surface area contributed by atoms with Gasteiger partial charge in [-0.2, -0.15) is 5.10 Å². The average molecular weight is 380 g/mol. The maximum atomic E-state index is 12.6. The average Bonchev–Trinajstić information content (AvgIpc) is 2.80. The van der Waals surface area contributed by atoms with E-state index in [2.05, 4.69) is 18.9 Å². The molecule has 7 nitrogen and oxygen atoms in total. The number of aryl methyl sites for hydroxylation is 1. The van der Waals surface area contributed by atoms with E-state index in [1.165, 1.54) is 0 Å². The Balaban J connectivity index is 1.97. The molecule has 152 valence electrons. The first-order valence-electron chi connectivity index (χ1n) is 9.75. The van der Waals surface area contributed by atoms with Gasteiger partial charge in [0.2, 0.25) is 0 Å². The number of amides is 1. The summed E-state index contributed by atoms with van der Waals surface area (Å²) in [4.78, 5) is 26.7. The van der Waals surface area contributed by atoms with Crippen molar-refractivity contribution in [3.05, 3.63) is 17.0 Å². The molecule has 1 fully saturated rings. The minimum Gasteiger partial charge on any atom is -0.452 e. The van der Waals surface area contributed by atoms with E-state index in [4.69, 9.17) is 9.47 Å². The summed E-state index contributed by atoms with van der Waals surface area (Å²) in [5.74, 6) is -0.103. The molecular weight excluding hydrogens is 346 g/mol. The molecule has 2 rings (SSSR count). The minimum absolute atomic E-state index is 0.0160. The Hall–Kier alpha value is -1.89. The summed E-state index contributed by atoms with van der Waals surface area (Å²) in [5.41, 5.74) is 2.70. The van der Waals surface area contributed by atoms with Crippen LogP contribution in [0.15, 0.2) is 0 Å². The van der Waals surface area contributed by atoms with Crippen LogP contribution in [0.25, 0.3) is 0 Å². The van der Waals surface area contributed by atoms with Gasteiger partial charge in [0, 0.05) is 30.9 Å². The molecule has 0 N–H and O–H groups in total. The van der Waals surface area contributed by atoms with Gasteiger partial charge < -0.3 is 14.4 Å². The molecular formula is C20H33N3O4. The molecule has 0 bridgehead atoms. The number of ether oxygens (including phenoxy) is 2. The molecule has 3 unspecified atom stereocenters. The molecule has 0 aromatic carbocycles. The zero-order valence-electron chi connectivity index (χ0n) is 17.6. The third-order valence-corrected chi connectivity index (χ3v) is 4.78. The lowest BCUT2D eigenvalue weighted by atomic mass is 10.1. The van der Waals surface area contributed by atoms with Crippen molar-refractivity contribution < 1.29 is 19.1 Å². The van der Waals surface area contributed by atoms with Crippen LogP contribution in [0.3, 0.4) is 0 Å². The fourth-order valence-corrected chi connectivity index (χ4v) is 3.56. The second-order valence-electron chi connectivity index (χ2n) is 8.03. The summed E-state index contributed by atoms with van der Waals surface area (Å²) in [6.07, 6.45) is -0.708. The number of nitrogens with zero attached hydrogens (tertiary/aromatic N) is 3. The lowest BCUT2D eigenvalue weighted by Crippen LogP contribution is -2.51. The van der Waals surface area contributed by atoms with E-state index in [1.54, 1.807) is 11.8 Å². The predicted octanol–water partition coefficient (Wildman–Crippen LogP) is 2.27. The van der Waals surface area contributed by atoms with Crippen LogP contribution < -0.4 is 0 Å². The van der Waals surface area contributed by atoms with E-state index in [1.807, 2.05) is 32.4 Å². The quantitative estimate of drug-likeness (QED) is 0.709. The number of hydrogen-bond acceptors (Lipinski definition) is 5. The largest absolute Gasteiger partial charge is 0.452 e. The molecule has 1 aliphatic heterocycles. The number of rotatable bonds is 6. The molecule has 1 saturated heterocycles. The zero-order chi connectivity index (χ0) is 20.3. The summed E-state index contributed by atoms with van der Waals surface area (Å²) in [7, 11) is 0. The number of carbonyl (C=O) groups excluding carboxylic acids is 2. The van der Waals surface area contributed by atoms with Crippen molar-refractivity contribution in [2.75, 3.05) is 13.1 Å². The summed E-state index contributed by atoms with van der Waals surface area (Å²) in [5, 5.41) is 4.53. The normalized spacial score (nSPS) is 21.4. The van der Waals surface area contributed by atoms with Crippen LogP contribution in [0.5, 0.6) is 0 Å². The van der Waals surface area contributed by atoms with E-state index >= 15 is 0 Å². The molecule has 27 heavy (non-hydrogen) atoms. The highest BCUT2D eigenvalue weighted by Gasteiger charge is 2.30. The van der Waals surface area contributed by atoms with Crippen LogP contribution in [-0.4, -0.2) is 58.0 Å². The van der Waals surface area contributed by atoms with Gasteiger partial charge in [0.25, 0.3) is 5.91 Å². The SMILES string of the molecule is Cc1nn(CC(C)C)c(C)c1CC(=O)OC(C)C(=O)N1CC(C)OC(C)C1. The monoisotopic (exact) mass is 379 g/mol. The number of esters is 1. The van der Waals surface area contributed by atoms with Crippen LogP contribution in [-0.2, 0) is 32.0 Å². The Labute approximate surface area is 162 Å². The Morgan fingerprint density at radius 3 is 2.33 bits per heavy atom. The molecule has 7 heteroatoms. The molecule has 1 amide bonds. The van der Waals surface area contributed by atoms with Crippen LogP contribution >= 0.6 is 0 Å². The number of aromatic nitrogens is 2.